The highest BCUT2D eigenvalue weighted by Crippen LogP contribution is 2.36. The van der Waals surface area contributed by atoms with Crippen molar-refractivity contribution in [2.24, 2.45) is 0 Å². The van der Waals surface area contributed by atoms with Crippen LogP contribution in [0.2, 0.25) is 0 Å². The number of hydrogen-bond acceptors (Lipinski definition) is 4. The van der Waals surface area contributed by atoms with Gasteiger partial charge in [-0.1, -0.05) is 91.0 Å². The van der Waals surface area contributed by atoms with Crippen LogP contribution < -0.4 is 0 Å². The normalized spacial score (nSPS) is 9.93. The Balaban J connectivity index is 0.000000169. The largest absolute Gasteiger partial charge is 0.507 e. The Hall–Kier alpha value is -4.12. The second-order valence-electron chi connectivity index (χ2n) is 6.18. The fraction of sp³-hybridized carbons (Fsp3) is 0. The van der Waals surface area contributed by atoms with E-state index in [0.29, 0.717) is 11.3 Å². The molecule has 0 saturated carbocycles. The van der Waals surface area contributed by atoms with Crippen molar-refractivity contribution in [3.8, 4) is 33.8 Å². The first-order valence-electron chi connectivity index (χ1n) is 8.93. The van der Waals surface area contributed by atoms with Crippen LogP contribution in [0.25, 0.3) is 22.3 Å². The average molecular weight is 385 g/mol. The van der Waals surface area contributed by atoms with Gasteiger partial charge in [-0.15, -0.1) is 0 Å². The van der Waals surface area contributed by atoms with Gasteiger partial charge in [0.25, 0.3) is 0 Å². The summed E-state index contributed by atoms with van der Waals surface area (Å²) in [6, 6.07) is 30.7. The molecule has 0 atom stereocenters. The van der Waals surface area contributed by atoms with E-state index in [1.54, 1.807) is 30.3 Å². The van der Waals surface area contributed by atoms with Gasteiger partial charge in [0.15, 0.2) is 0 Å². The molecule has 5 nitrogen and oxygen atoms in total. The molecule has 0 aromatic heterocycles. The van der Waals surface area contributed by atoms with Crippen molar-refractivity contribution < 1.29 is 15.1 Å². The lowest BCUT2D eigenvalue weighted by Gasteiger charge is -2.04. The molecule has 5 heteroatoms. The van der Waals surface area contributed by atoms with Crippen LogP contribution in [0.3, 0.4) is 0 Å². The smallest absolute Gasteiger partial charge is 0.311 e. The third kappa shape index (κ3) is 4.78. The maximum absolute atomic E-state index is 10.7. The summed E-state index contributed by atoms with van der Waals surface area (Å²) in [5.41, 5.74) is 2.86. The monoisotopic (exact) mass is 385 g/mol. The van der Waals surface area contributed by atoms with Gasteiger partial charge in [-0.05, 0) is 17.2 Å². The van der Waals surface area contributed by atoms with Crippen LogP contribution in [0.5, 0.6) is 11.5 Å². The molecule has 0 aliphatic carbocycles. The van der Waals surface area contributed by atoms with Gasteiger partial charge in [0.05, 0.1) is 4.92 Å². The Bertz CT molecular complexity index is 1100. The third-order valence-corrected chi connectivity index (χ3v) is 4.29. The quantitative estimate of drug-likeness (QED) is 0.333. The maximum atomic E-state index is 10.7. The molecule has 4 aromatic rings. The molecule has 144 valence electrons. The minimum atomic E-state index is -0.595. The number of nitrogens with zero attached hydrogens (tertiary/aromatic N) is 1. The Morgan fingerprint density at radius 2 is 1.07 bits per heavy atom. The number of hydrogen-bond donors (Lipinski definition) is 2. The third-order valence-electron chi connectivity index (χ3n) is 4.29. The number of benzene rings is 4. The second-order valence-corrected chi connectivity index (χ2v) is 6.18. The van der Waals surface area contributed by atoms with Crippen molar-refractivity contribution in [3.05, 3.63) is 113 Å². The van der Waals surface area contributed by atoms with E-state index in [2.05, 4.69) is 0 Å². The highest BCUT2D eigenvalue weighted by atomic mass is 16.6. The molecule has 0 fully saturated rings. The first-order chi connectivity index (χ1) is 14.1. The van der Waals surface area contributed by atoms with Crippen molar-refractivity contribution in [1.29, 1.82) is 0 Å². The number of nitro benzene ring substituents is 1. The van der Waals surface area contributed by atoms with Gasteiger partial charge in [-0.2, -0.15) is 0 Å². The van der Waals surface area contributed by atoms with Crippen molar-refractivity contribution in [2.75, 3.05) is 0 Å². The van der Waals surface area contributed by atoms with E-state index in [9.17, 15) is 20.3 Å². The van der Waals surface area contributed by atoms with Gasteiger partial charge in [-0.25, -0.2) is 0 Å². The summed E-state index contributed by atoms with van der Waals surface area (Å²) >= 11 is 0. The van der Waals surface area contributed by atoms with Gasteiger partial charge in [0, 0.05) is 17.2 Å². The topological polar surface area (TPSA) is 83.6 Å². The summed E-state index contributed by atoms with van der Waals surface area (Å²) in [6.07, 6.45) is 0. The number of rotatable bonds is 3. The summed E-state index contributed by atoms with van der Waals surface area (Å²) in [6.45, 7) is 0. The van der Waals surface area contributed by atoms with Crippen molar-refractivity contribution in [3.63, 3.8) is 0 Å². The number of para-hydroxylation sites is 2. The van der Waals surface area contributed by atoms with E-state index in [1.807, 2.05) is 66.7 Å². The molecule has 0 bridgehead atoms. The summed E-state index contributed by atoms with van der Waals surface area (Å²) in [7, 11) is 0. The Labute approximate surface area is 168 Å². The van der Waals surface area contributed by atoms with Crippen LogP contribution in [0.1, 0.15) is 0 Å². The lowest BCUT2D eigenvalue weighted by atomic mass is 10.0. The SMILES string of the molecule is O=[N+]([O-])c1cccc(-c2ccccc2)c1O.Oc1ccccc1-c1ccccc1. The first-order valence-corrected chi connectivity index (χ1v) is 8.93. The minimum absolute atomic E-state index is 0.277. The van der Waals surface area contributed by atoms with E-state index in [4.69, 9.17) is 0 Å². The lowest BCUT2D eigenvalue weighted by Crippen LogP contribution is -1.89. The second kappa shape index (κ2) is 9.19. The zero-order valence-corrected chi connectivity index (χ0v) is 15.5. The highest BCUT2D eigenvalue weighted by molar-refractivity contribution is 5.74. The summed E-state index contributed by atoms with van der Waals surface area (Å²) < 4.78 is 0. The first kappa shape index (κ1) is 19.6. The molecule has 0 saturated heterocycles. The standard InChI is InChI=1S/C12H9NO3.C12H10O/c14-12-10(9-5-2-1-3-6-9)7-4-8-11(12)13(15)16;13-12-9-5-4-8-11(12)10-6-2-1-3-7-10/h1-8,14H;1-9,13H. The molecule has 29 heavy (non-hydrogen) atoms. The molecule has 0 aliphatic heterocycles. The van der Waals surface area contributed by atoms with Crippen LogP contribution in [-0.4, -0.2) is 15.1 Å². The zero-order valence-electron chi connectivity index (χ0n) is 15.5. The number of nitro groups is 1. The van der Waals surface area contributed by atoms with E-state index >= 15 is 0 Å². The zero-order chi connectivity index (χ0) is 20.6. The predicted molar refractivity (Wildman–Crippen MR) is 114 cm³/mol. The molecule has 0 spiro atoms. The van der Waals surface area contributed by atoms with Gasteiger partial charge < -0.3 is 10.2 Å². The maximum Gasteiger partial charge on any atom is 0.311 e. The Morgan fingerprint density at radius 3 is 1.62 bits per heavy atom. The average Bonchev–Trinajstić information content (AvgIpc) is 2.76. The van der Waals surface area contributed by atoms with Crippen molar-refractivity contribution in [2.45, 2.75) is 0 Å². The van der Waals surface area contributed by atoms with E-state index in [0.717, 1.165) is 16.7 Å². The number of phenols is 2. The van der Waals surface area contributed by atoms with E-state index in [-0.39, 0.29) is 11.4 Å². The van der Waals surface area contributed by atoms with Crippen LogP contribution in [0, 0.1) is 10.1 Å². The number of phenolic OH excluding ortho intramolecular Hbond substituents is 2. The molecule has 2 N–H and O–H groups in total. The predicted octanol–water partition coefficient (Wildman–Crippen LogP) is 6.03. The van der Waals surface area contributed by atoms with Crippen molar-refractivity contribution in [1.82, 2.24) is 0 Å². The van der Waals surface area contributed by atoms with Crippen molar-refractivity contribution >= 4 is 5.69 Å². The summed E-state index contributed by atoms with van der Waals surface area (Å²) in [4.78, 5) is 10.1. The fourth-order valence-corrected chi connectivity index (χ4v) is 2.86. The number of aromatic hydroxyl groups is 2. The van der Waals surface area contributed by atoms with Gasteiger partial charge in [-0.3, -0.25) is 10.1 Å². The highest BCUT2D eigenvalue weighted by Gasteiger charge is 2.16. The molecule has 0 amide bonds. The van der Waals surface area contributed by atoms with Crippen LogP contribution in [0.4, 0.5) is 5.69 Å². The molecule has 0 heterocycles. The molecule has 4 aromatic carbocycles. The van der Waals surface area contributed by atoms with Crippen LogP contribution in [0.15, 0.2) is 103 Å². The fourth-order valence-electron chi connectivity index (χ4n) is 2.86. The Kier molecular flexibility index (Phi) is 6.22. The molecule has 0 unspecified atom stereocenters. The van der Waals surface area contributed by atoms with E-state index < -0.39 is 4.92 Å². The minimum Gasteiger partial charge on any atom is -0.507 e. The molecule has 4 rings (SSSR count). The molecule has 0 aliphatic rings. The van der Waals surface area contributed by atoms with Gasteiger partial charge in [0.2, 0.25) is 5.75 Å². The molecular formula is C24H19NO4. The van der Waals surface area contributed by atoms with Crippen LogP contribution >= 0.6 is 0 Å². The molecular weight excluding hydrogens is 366 g/mol. The summed E-state index contributed by atoms with van der Waals surface area (Å²) in [5, 5.41) is 30.0. The van der Waals surface area contributed by atoms with Gasteiger partial charge in [0.1, 0.15) is 5.75 Å². The molecule has 0 radical (unpaired) electrons. The lowest BCUT2D eigenvalue weighted by molar-refractivity contribution is -0.385. The Morgan fingerprint density at radius 1 is 0.586 bits per heavy atom. The van der Waals surface area contributed by atoms with Gasteiger partial charge >= 0.3 is 5.69 Å². The summed E-state index contributed by atoms with van der Waals surface area (Å²) in [5.74, 6) is 0.0346. The van der Waals surface area contributed by atoms with E-state index in [1.165, 1.54) is 6.07 Å². The van der Waals surface area contributed by atoms with Crippen LogP contribution in [-0.2, 0) is 0 Å².